The lowest BCUT2D eigenvalue weighted by atomic mass is 10.1. The van der Waals surface area contributed by atoms with Gasteiger partial charge in [-0.1, -0.05) is 30.3 Å². The second-order valence-corrected chi connectivity index (χ2v) is 4.75. The van der Waals surface area contributed by atoms with Gasteiger partial charge in [-0.15, -0.1) is 0 Å². The molecule has 0 aliphatic rings. The highest BCUT2D eigenvalue weighted by molar-refractivity contribution is 5.99. The molecule has 1 atom stereocenters. The fourth-order valence-electron chi connectivity index (χ4n) is 1.99. The van der Waals surface area contributed by atoms with Crippen molar-refractivity contribution in [2.45, 2.75) is 13.0 Å². The molecule has 0 fully saturated rings. The van der Waals surface area contributed by atoms with Gasteiger partial charge in [0.2, 0.25) is 0 Å². The van der Waals surface area contributed by atoms with Gasteiger partial charge in [0.05, 0.1) is 5.71 Å². The van der Waals surface area contributed by atoms with E-state index in [1.54, 1.807) is 31.2 Å². The number of methoxy groups -OCH3 is 1. The minimum Gasteiger partial charge on any atom is -0.508 e. The number of phenols is 1. The number of amides is 1. The molecule has 0 spiro atoms. The summed E-state index contributed by atoms with van der Waals surface area (Å²) in [6.45, 7) is 1.77. The average molecular weight is 298 g/mol. The maximum Gasteiger partial charge on any atom is 0.273 e. The first-order valence-corrected chi connectivity index (χ1v) is 6.83. The Balaban J connectivity index is 2.07. The van der Waals surface area contributed by atoms with Gasteiger partial charge < -0.3 is 9.84 Å². The summed E-state index contributed by atoms with van der Waals surface area (Å²) in [4.78, 5) is 12.2. The highest BCUT2D eigenvalue weighted by Crippen LogP contribution is 2.16. The lowest BCUT2D eigenvalue weighted by Gasteiger charge is -2.14. The Labute approximate surface area is 129 Å². The molecule has 2 aromatic carbocycles. The summed E-state index contributed by atoms with van der Waals surface area (Å²) in [5.74, 6) is -0.157. The van der Waals surface area contributed by atoms with Crippen molar-refractivity contribution in [1.82, 2.24) is 5.43 Å². The Morgan fingerprint density at radius 1 is 1.14 bits per heavy atom. The van der Waals surface area contributed by atoms with E-state index >= 15 is 0 Å². The van der Waals surface area contributed by atoms with E-state index in [2.05, 4.69) is 10.5 Å². The van der Waals surface area contributed by atoms with Crippen LogP contribution in [0, 0.1) is 0 Å². The fraction of sp³-hybridized carbons (Fsp3) is 0.176. The van der Waals surface area contributed by atoms with Gasteiger partial charge in [0.1, 0.15) is 5.75 Å². The topological polar surface area (TPSA) is 70.9 Å². The summed E-state index contributed by atoms with van der Waals surface area (Å²) in [6, 6.07) is 15.8. The molecule has 114 valence electrons. The second kappa shape index (κ2) is 7.38. The zero-order valence-corrected chi connectivity index (χ0v) is 12.5. The van der Waals surface area contributed by atoms with Crippen LogP contribution in [-0.4, -0.2) is 23.8 Å². The van der Waals surface area contributed by atoms with Crippen LogP contribution >= 0.6 is 0 Å². The molecule has 0 saturated heterocycles. The minimum absolute atomic E-state index is 0.184. The molecule has 0 aromatic heterocycles. The zero-order chi connectivity index (χ0) is 15.9. The molecular formula is C17H18N2O3. The summed E-state index contributed by atoms with van der Waals surface area (Å²) in [5.41, 5.74) is 4.72. The molecule has 1 unspecified atom stereocenters. The van der Waals surface area contributed by atoms with E-state index in [4.69, 9.17) is 4.74 Å². The van der Waals surface area contributed by atoms with E-state index in [1.807, 2.05) is 30.3 Å². The number of hydrogen-bond acceptors (Lipinski definition) is 4. The summed E-state index contributed by atoms with van der Waals surface area (Å²) >= 11 is 0. The standard InChI is InChI=1S/C17H18N2O3/c1-12(13-8-10-15(20)11-9-13)18-19-17(21)16(22-2)14-6-4-3-5-7-14/h3-11,16,20H,1-2H3,(H,19,21). The number of hydrazone groups is 1. The van der Waals surface area contributed by atoms with E-state index in [1.165, 1.54) is 7.11 Å². The highest BCUT2D eigenvalue weighted by Gasteiger charge is 2.19. The maximum absolute atomic E-state index is 12.2. The summed E-state index contributed by atoms with van der Waals surface area (Å²) in [6.07, 6.45) is -0.711. The Morgan fingerprint density at radius 3 is 2.36 bits per heavy atom. The molecular weight excluding hydrogens is 280 g/mol. The van der Waals surface area contributed by atoms with Gasteiger partial charge in [-0.2, -0.15) is 5.10 Å². The van der Waals surface area contributed by atoms with Gasteiger partial charge in [-0.05, 0) is 42.3 Å². The van der Waals surface area contributed by atoms with Crippen molar-refractivity contribution in [2.24, 2.45) is 5.10 Å². The van der Waals surface area contributed by atoms with Gasteiger partial charge in [-0.25, -0.2) is 5.43 Å². The second-order valence-electron chi connectivity index (χ2n) is 4.75. The lowest BCUT2D eigenvalue weighted by Crippen LogP contribution is -2.27. The molecule has 22 heavy (non-hydrogen) atoms. The van der Waals surface area contributed by atoms with Crippen molar-refractivity contribution >= 4 is 11.6 Å². The van der Waals surface area contributed by atoms with Crippen LogP contribution in [0.25, 0.3) is 0 Å². The molecule has 5 nitrogen and oxygen atoms in total. The molecule has 2 N–H and O–H groups in total. The largest absolute Gasteiger partial charge is 0.508 e. The SMILES string of the molecule is COC(C(=O)NN=C(C)c1ccc(O)cc1)c1ccccc1. The fourth-order valence-corrected chi connectivity index (χ4v) is 1.99. The van der Waals surface area contributed by atoms with Crippen molar-refractivity contribution in [1.29, 1.82) is 0 Å². The summed E-state index contributed by atoms with van der Waals surface area (Å²) < 4.78 is 5.24. The van der Waals surface area contributed by atoms with E-state index in [0.717, 1.165) is 11.1 Å². The van der Waals surface area contributed by atoms with Crippen LogP contribution in [0.1, 0.15) is 24.2 Å². The minimum atomic E-state index is -0.711. The predicted octanol–water partition coefficient (Wildman–Crippen LogP) is 2.62. The lowest BCUT2D eigenvalue weighted by molar-refractivity contribution is -0.131. The summed E-state index contributed by atoms with van der Waals surface area (Å²) in [5, 5.41) is 13.3. The molecule has 5 heteroatoms. The summed E-state index contributed by atoms with van der Waals surface area (Å²) in [7, 11) is 1.48. The van der Waals surface area contributed by atoms with Gasteiger partial charge in [0.15, 0.2) is 6.10 Å². The molecule has 0 aliphatic carbocycles. The van der Waals surface area contributed by atoms with Crippen molar-refractivity contribution < 1.29 is 14.6 Å². The van der Waals surface area contributed by atoms with Gasteiger partial charge in [0, 0.05) is 7.11 Å². The smallest absolute Gasteiger partial charge is 0.273 e. The van der Waals surface area contributed by atoms with Gasteiger partial charge in [-0.3, -0.25) is 4.79 Å². The van der Waals surface area contributed by atoms with Crippen molar-refractivity contribution in [3.8, 4) is 5.75 Å². The number of aromatic hydroxyl groups is 1. The maximum atomic E-state index is 12.2. The first-order valence-electron chi connectivity index (χ1n) is 6.83. The van der Waals surface area contributed by atoms with E-state index in [9.17, 15) is 9.90 Å². The molecule has 2 rings (SSSR count). The van der Waals surface area contributed by atoms with E-state index in [0.29, 0.717) is 5.71 Å². The third kappa shape index (κ3) is 3.93. The van der Waals surface area contributed by atoms with Gasteiger partial charge >= 0.3 is 0 Å². The predicted molar refractivity (Wildman–Crippen MR) is 84.7 cm³/mol. The molecule has 0 aliphatic heterocycles. The quantitative estimate of drug-likeness (QED) is 0.658. The highest BCUT2D eigenvalue weighted by atomic mass is 16.5. The third-order valence-corrected chi connectivity index (χ3v) is 3.20. The number of nitrogens with zero attached hydrogens (tertiary/aromatic N) is 1. The average Bonchev–Trinajstić information content (AvgIpc) is 2.55. The number of phenolic OH excluding ortho intramolecular Hbond substituents is 1. The molecule has 0 heterocycles. The normalized spacial score (nSPS) is 12.7. The molecule has 0 radical (unpaired) electrons. The van der Waals surface area contributed by atoms with Crippen LogP contribution in [-0.2, 0) is 9.53 Å². The first-order chi connectivity index (χ1) is 10.6. The number of nitrogens with one attached hydrogen (secondary N) is 1. The number of carbonyl (C=O) groups excluding carboxylic acids is 1. The van der Waals surface area contributed by atoms with Crippen molar-refractivity contribution in [2.75, 3.05) is 7.11 Å². The van der Waals surface area contributed by atoms with Crippen LogP contribution < -0.4 is 5.43 Å². The Bertz CT molecular complexity index is 651. The number of ether oxygens (including phenoxy) is 1. The van der Waals surface area contributed by atoms with Crippen LogP contribution in [0.2, 0.25) is 0 Å². The zero-order valence-electron chi connectivity index (χ0n) is 12.5. The van der Waals surface area contributed by atoms with Crippen LogP contribution in [0.5, 0.6) is 5.75 Å². The van der Waals surface area contributed by atoms with Crippen molar-refractivity contribution in [3.63, 3.8) is 0 Å². The van der Waals surface area contributed by atoms with Crippen LogP contribution in [0.4, 0.5) is 0 Å². The van der Waals surface area contributed by atoms with Crippen LogP contribution in [0.15, 0.2) is 59.7 Å². The number of hydrogen-bond donors (Lipinski definition) is 2. The first kappa shape index (κ1) is 15.7. The number of rotatable bonds is 5. The molecule has 2 aromatic rings. The molecule has 1 amide bonds. The monoisotopic (exact) mass is 298 g/mol. The Kier molecular flexibility index (Phi) is 5.27. The molecule has 0 saturated carbocycles. The van der Waals surface area contributed by atoms with E-state index < -0.39 is 6.10 Å². The Morgan fingerprint density at radius 2 is 1.77 bits per heavy atom. The molecule has 0 bridgehead atoms. The van der Waals surface area contributed by atoms with Gasteiger partial charge in [0.25, 0.3) is 5.91 Å². The van der Waals surface area contributed by atoms with Crippen LogP contribution in [0.3, 0.4) is 0 Å². The Hall–Kier alpha value is -2.66. The van der Waals surface area contributed by atoms with Crippen molar-refractivity contribution in [3.05, 3.63) is 65.7 Å². The third-order valence-electron chi connectivity index (χ3n) is 3.20. The van der Waals surface area contributed by atoms with E-state index in [-0.39, 0.29) is 11.7 Å². The number of benzene rings is 2. The number of carbonyl (C=O) groups is 1.